The fourth-order valence-electron chi connectivity index (χ4n) is 7.68. The van der Waals surface area contributed by atoms with Gasteiger partial charge in [0.2, 0.25) is 17.7 Å². The molecule has 3 amide bonds. The van der Waals surface area contributed by atoms with Gasteiger partial charge in [-0.05, 0) is 82.3 Å². The number of rotatable bonds is 8. The number of amides is 3. The van der Waals surface area contributed by atoms with E-state index in [-0.39, 0.29) is 23.8 Å². The molecule has 8 nitrogen and oxygen atoms in total. The molecule has 222 valence electrons. The molecule has 41 heavy (non-hydrogen) atoms. The van der Waals surface area contributed by atoms with Gasteiger partial charge in [-0.25, -0.2) is 0 Å². The number of likely N-dealkylation sites (tertiary alicyclic amines) is 2. The van der Waals surface area contributed by atoms with Crippen LogP contribution >= 0.6 is 11.6 Å². The van der Waals surface area contributed by atoms with Crippen molar-refractivity contribution in [3.63, 3.8) is 0 Å². The fraction of sp³-hybridized carbons (Fsp3) is 0.656. The van der Waals surface area contributed by atoms with Crippen LogP contribution in [0, 0.1) is 24.7 Å². The van der Waals surface area contributed by atoms with Gasteiger partial charge in [0.05, 0.1) is 17.9 Å². The van der Waals surface area contributed by atoms with Crippen molar-refractivity contribution >= 4 is 35.0 Å². The first-order valence-corrected chi connectivity index (χ1v) is 15.9. The van der Waals surface area contributed by atoms with Gasteiger partial charge in [0.25, 0.3) is 0 Å². The lowest BCUT2D eigenvalue weighted by Crippen LogP contribution is -2.56. The van der Waals surface area contributed by atoms with Crippen LogP contribution in [0.25, 0.3) is 0 Å². The van der Waals surface area contributed by atoms with Crippen molar-refractivity contribution < 1.29 is 19.1 Å². The lowest BCUT2D eigenvalue weighted by Gasteiger charge is -2.35. The Bertz CT molecular complexity index is 1210. The average molecular weight is 583 g/mol. The van der Waals surface area contributed by atoms with Crippen molar-refractivity contribution in [1.29, 1.82) is 0 Å². The Balaban J connectivity index is 1.23. The lowest BCUT2D eigenvalue weighted by molar-refractivity contribution is -0.141. The lowest BCUT2D eigenvalue weighted by atomic mass is 9.74. The van der Waals surface area contributed by atoms with Crippen molar-refractivity contribution in [1.82, 2.24) is 15.1 Å². The van der Waals surface area contributed by atoms with E-state index in [0.29, 0.717) is 17.3 Å². The molecule has 1 aliphatic carbocycles. The fourth-order valence-corrected chi connectivity index (χ4v) is 7.86. The number of carbonyl (C=O) groups excluding carboxylic acids is 3. The molecule has 0 radical (unpaired) electrons. The number of nitrogens with zero attached hydrogens (tertiary/aromatic N) is 2. The third-order valence-corrected chi connectivity index (χ3v) is 10.5. The van der Waals surface area contributed by atoms with Crippen LogP contribution < -0.4 is 10.6 Å². The number of hydrogen-bond donors (Lipinski definition) is 2. The molecule has 4 aliphatic heterocycles. The maximum atomic E-state index is 14.2. The zero-order valence-corrected chi connectivity index (χ0v) is 25.0. The molecule has 6 rings (SSSR count). The number of anilines is 1. The van der Waals surface area contributed by atoms with Gasteiger partial charge in [0.15, 0.2) is 0 Å². The molecule has 2 N–H and O–H groups in total. The first kappa shape index (κ1) is 28.7. The molecule has 0 unspecified atom stereocenters. The Labute approximate surface area is 248 Å². The smallest absolute Gasteiger partial charge is 0.246 e. The minimum absolute atomic E-state index is 0.118. The zero-order chi connectivity index (χ0) is 28.7. The minimum atomic E-state index is -1.13. The van der Waals surface area contributed by atoms with Crippen molar-refractivity contribution in [2.45, 2.75) is 89.0 Å². The normalized spacial score (nSPS) is 32.0. The summed E-state index contributed by atoms with van der Waals surface area (Å²) < 4.78 is 6.50. The second kappa shape index (κ2) is 11.7. The molecule has 2 bridgehead atoms. The molecule has 4 fully saturated rings. The summed E-state index contributed by atoms with van der Waals surface area (Å²) in [5.74, 6) is -1.29. The first-order valence-electron chi connectivity index (χ1n) is 15.5. The van der Waals surface area contributed by atoms with Gasteiger partial charge in [-0.1, -0.05) is 56.0 Å². The van der Waals surface area contributed by atoms with Crippen LogP contribution in [0.15, 0.2) is 30.4 Å². The van der Waals surface area contributed by atoms with Gasteiger partial charge in [0.1, 0.15) is 11.6 Å². The predicted molar refractivity (Wildman–Crippen MR) is 159 cm³/mol. The number of fused-ring (bicyclic) bond motifs is 1. The highest BCUT2D eigenvalue weighted by molar-refractivity contribution is 6.31. The second-order valence-corrected chi connectivity index (χ2v) is 13.3. The largest absolute Gasteiger partial charge is 0.359 e. The zero-order valence-electron chi connectivity index (χ0n) is 24.2. The Kier molecular flexibility index (Phi) is 8.18. The van der Waals surface area contributed by atoms with E-state index in [9.17, 15) is 14.4 Å². The van der Waals surface area contributed by atoms with Crippen molar-refractivity contribution in [3.05, 3.63) is 40.9 Å². The summed E-state index contributed by atoms with van der Waals surface area (Å²) in [7, 11) is 0. The van der Waals surface area contributed by atoms with Crippen LogP contribution in [0.3, 0.4) is 0 Å². The first-order chi connectivity index (χ1) is 19.8. The number of carbonyl (C=O) groups is 3. The highest BCUT2D eigenvalue weighted by Gasteiger charge is 2.72. The summed E-state index contributed by atoms with van der Waals surface area (Å²) in [5.41, 5.74) is 0.368. The average Bonchev–Trinajstić information content (AvgIpc) is 3.60. The van der Waals surface area contributed by atoms with E-state index in [1.54, 1.807) is 11.0 Å². The van der Waals surface area contributed by atoms with Crippen molar-refractivity contribution in [2.75, 3.05) is 31.5 Å². The molecule has 1 aromatic carbocycles. The van der Waals surface area contributed by atoms with Gasteiger partial charge >= 0.3 is 0 Å². The summed E-state index contributed by atoms with van der Waals surface area (Å²) in [6.07, 6.45) is 11.7. The summed E-state index contributed by atoms with van der Waals surface area (Å²) in [6.45, 7) is 7.72. The Morgan fingerprint density at radius 3 is 2.56 bits per heavy atom. The van der Waals surface area contributed by atoms with E-state index in [1.807, 2.05) is 31.2 Å². The number of nitrogens with one attached hydrogen (secondary N) is 2. The third kappa shape index (κ3) is 5.43. The van der Waals surface area contributed by atoms with Crippen LogP contribution in [0.2, 0.25) is 5.02 Å². The van der Waals surface area contributed by atoms with Gasteiger partial charge < -0.3 is 25.2 Å². The highest BCUT2D eigenvalue weighted by Crippen LogP contribution is 2.55. The number of hydrogen-bond acceptors (Lipinski definition) is 5. The number of aryl methyl sites for hydroxylation is 1. The second-order valence-electron chi connectivity index (χ2n) is 12.9. The number of ether oxygens (including phenoxy) is 1. The van der Waals surface area contributed by atoms with Crippen LogP contribution in [-0.2, 0) is 19.1 Å². The van der Waals surface area contributed by atoms with E-state index < -0.39 is 29.6 Å². The van der Waals surface area contributed by atoms with Crippen LogP contribution in [0.1, 0.15) is 63.9 Å². The molecule has 5 aliphatic rings. The monoisotopic (exact) mass is 582 g/mol. The van der Waals surface area contributed by atoms with E-state index in [4.69, 9.17) is 16.3 Å². The van der Waals surface area contributed by atoms with Gasteiger partial charge in [-0.15, -0.1) is 0 Å². The van der Waals surface area contributed by atoms with Gasteiger partial charge in [-0.2, -0.15) is 0 Å². The van der Waals surface area contributed by atoms with Crippen LogP contribution in [0.4, 0.5) is 5.69 Å². The number of benzene rings is 1. The summed E-state index contributed by atoms with van der Waals surface area (Å²) in [4.78, 5) is 46.0. The molecule has 9 heteroatoms. The number of piperidine rings is 1. The van der Waals surface area contributed by atoms with Crippen molar-refractivity contribution in [3.8, 4) is 0 Å². The standard InChI is InChI=1S/C32H43ClN4O4/c1-20-12-17-36(18-13-20)15-6-16-37-28(30(39)34-22-7-4-3-5-8-22)32-14-11-25(41-32)26(27(32)31(37)40)29(38)35-23-10-9-21(2)24(33)19-23/h9-11,14,19-20,22,25-28H,3-8,12-13,15-18H2,1-2H3,(H,34,39)(H,35,38)/t25-,26-,27-,28+,32-/m0/s1. The Hall–Kier alpha value is -2.42. The highest BCUT2D eigenvalue weighted by atomic mass is 35.5. The van der Waals surface area contributed by atoms with E-state index in [0.717, 1.165) is 63.2 Å². The predicted octanol–water partition coefficient (Wildman–Crippen LogP) is 4.31. The van der Waals surface area contributed by atoms with E-state index in [2.05, 4.69) is 22.5 Å². The molecule has 3 saturated heterocycles. The maximum Gasteiger partial charge on any atom is 0.246 e. The topological polar surface area (TPSA) is 91.0 Å². The quantitative estimate of drug-likeness (QED) is 0.446. The Morgan fingerprint density at radius 2 is 1.83 bits per heavy atom. The molecule has 5 atom stereocenters. The third-order valence-electron chi connectivity index (χ3n) is 10.1. The summed E-state index contributed by atoms with van der Waals surface area (Å²) in [5, 5.41) is 6.80. The maximum absolute atomic E-state index is 14.2. The molecular formula is C32H43ClN4O4. The van der Waals surface area contributed by atoms with Gasteiger partial charge in [0, 0.05) is 23.3 Å². The van der Waals surface area contributed by atoms with E-state index >= 15 is 0 Å². The SMILES string of the molecule is Cc1ccc(NC(=O)[C@H]2[C@@H]3C=C[C@]4(O3)[C@@H]2C(=O)N(CCCN2CCC(C)CC2)[C@@H]4C(=O)NC2CCCCC2)cc1Cl. The molecule has 1 spiro atoms. The molecule has 1 saturated carbocycles. The van der Waals surface area contributed by atoms with E-state index in [1.165, 1.54) is 19.3 Å². The molecule has 4 heterocycles. The van der Waals surface area contributed by atoms with Crippen LogP contribution in [0.5, 0.6) is 0 Å². The summed E-state index contributed by atoms with van der Waals surface area (Å²) in [6, 6.07) is 4.72. The summed E-state index contributed by atoms with van der Waals surface area (Å²) >= 11 is 6.30. The molecule has 1 aromatic rings. The van der Waals surface area contributed by atoms with Gasteiger partial charge in [-0.3, -0.25) is 14.4 Å². The number of halogens is 1. The Morgan fingerprint density at radius 1 is 1.07 bits per heavy atom. The minimum Gasteiger partial charge on any atom is -0.359 e. The van der Waals surface area contributed by atoms with Crippen molar-refractivity contribution in [2.24, 2.45) is 17.8 Å². The molecule has 0 aromatic heterocycles. The molecular weight excluding hydrogens is 540 g/mol. The van der Waals surface area contributed by atoms with Crippen LogP contribution in [-0.4, -0.2) is 77.5 Å².